The molecule has 1 amide bonds. The summed E-state index contributed by atoms with van der Waals surface area (Å²) in [4.78, 5) is 14.8. The van der Waals surface area contributed by atoms with Gasteiger partial charge in [0.15, 0.2) is 15.9 Å². The molecule has 1 saturated heterocycles. The van der Waals surface area contributed by atoms with Gasteiger partial charge >= 0.3 is 0 Å². The number of benzene rings is 1. The van der Waals surface area contributed by atoms with E-state index in [-0.39, 0.29) is 35.4 Å². The summed E-state index contributed by atoms with van der Waals surface area (Å²) in [5.41, 5.74) is 1.21. The van der Waals surface area contributed by atoms with Crippen molar-refractivity contribution in [3.8, 4) is 5.75 Å². The highest BCUT2D eigenvalue weighted by molar-refractivity contribution is 7.91. The lowest BCUT2D eigenvalue weighted by molar-refractivity contribution is -0.140. The fraction of sp³-hybridized carbons (Fsp3) is 0.522. The minimum absolute atomic E-state index is 0.0224. The Hall–Kier alpha value is -2.28. The maximum Gasteiger partial charge on any atom is 0.264 e. The molecule has 6 nitrogen and oxygen atoms in total. The third-order valence-corrected chi connectivity index (χ3v) is 7.19. The van der Waals surface area contributed by atoms with Gasteiger partial charge in [0.05, 0.1) is 18.1 Å². The molecule has 0 N–H and O–H groups in total. The number of ether oxygens (including phenoxy) is 1. The predicted octanol–water partition coefficient (Wildman–Crippen LogP) is 3.87. The summed E-state index contributed by atoms with van der Waals surface area (Å²) in [5, 5.41) is 0. The van der Waals surface area contributed by atoms with Gasteiger partial charge in [0.25, 0.3) is 5.91 Å². The van der Waals surface area contributed by atoms with E-state index in [2.05, 4.69) is 20.8 Å². The Morgan fingerprint density at radius 1 is 1.20 bits per heavy atom. The number of sulfone groups is 1. The van der Waals surface area contributed by atoms with Gasteiger partial charge in [0.1, 0.15) is 17.3 Å². The molecule has 164 valence electrons. The van der Waals surface area contributed by atoms with Crippen LogP contribution in [-0.4, -0.2) is 42.9 Å². The molecule has 0 spiro atoms. The number of nitrogens with zero attached hydrogens (tertiary/aromatic N) is 1. The SMILES string of the molecule is Cc1ccc(CN(C(=O)[C@H](C)Oc2ccc(C(C)(C)C)cc2)[C@H]2CCS(=O)(=O)C2)o1. The van der Waals surface area contributed by atoms with Crippen LogP contribution >= 0.6 is 0 Å². The number of rotatable bonds is 6. The lowest BCUT2D eigenvalue weighted by Gasteiger charge is -2.30. The summed E-state index contributed by atoms with van der Waals surface area (Å²) in [6.45, 7) is 10.2. The lowest BCUT2D eigenvalue weighted by Crippen LogP contribution is -2.46. The van der Waals surface area contributed by atoms with E-state index in [0.717, 1.165) is 5.76 Å². The van der Waals surface area contributed by atoms with Crippen LogP contribution in [0.4, 0.5) is 0 Å². The van der Waals surface area contributed by atoms with E-state index >= 15 is 0 Å². The standard InChI is InChI=1S/C23H31NO5S/c1-16-6-9-21(28-16)14-24(19-12-13-30(26,27)15-19)22(25)17(2)29-20-10-7-18(8-11-20)23(3,4)5/h6-11,17,19H,12-15H2,1-5H3/t17-,19-/m0/s1. The first-order valence-corrected chi connectivity index (χ1v) is 12.1. The molecule has 1 aliphatic rings. The van der Waals surface area contributed by atoms with Crippen molar-refractivity contribution in [3.05, 3.63) is 53.5 Å². The first kappa shape index (κ1) is 22.4. The van der Waals surface area contributed by atoms with Gasteiger partial charge in [-0.25, -0.2) is 8.42 Å². The van der Waals surface area contributed by atoms with Crippen molar-refractivity contribution in [2.24, 2.45) is 0 Å². The zero-order chi connectivity index (χ0) is 22.1. The zero-order valence-corrected chi connectivity index (χ0v) is 19.2. The topological polar surface area (TPSA) is 76.8 Å². The summed E-state index contributed by atoms with van der Waals surface area (Å²) in [5.74, 6) is 1.82. The third kappa shape index (κ3) is 5.45. The van der Waals surface area contributed by atoms with Crippen LogP contribution < -0.4 is 4.74 Å². The van der Waals surface area contributed by atoms with Gasteiger partial charge in [-0.3, -0.25) is 4.79 Å². The van der Waals surface area contributed by atoms with Crippen molar-refractivity contribution in [2.75, 3.05) is 11.5 Å². The third-order valence-electron chi connectivity index (χ3n) is 5.44. The Labute approximate surface area is 179 Å². The van der Waals surface area contributed by atoms with Crippen LogP contribution in [0, 0.1) is 6.92 Å². The van der Waals surface area contributed by atoms with Crippen LogP contribution in [0.25, 0.3) is 0 Å². The smallest absolute Gasteiger partial charge is 0.264 e. The van der Waals surface area contributed by atoms with E-state index in [1.807, 2.05) is 43.3 Å². The Morgan fingerprint density at radius 3 is 2.37 bits per heavy atom. The van der Waals surface area contributed by atoms with E-state index in [0.29, 0.717) is 17.9 Å². The summed E-state index contributed by atoms with van der Waals surface area (Å²) in [6, 6.07) is 11.0. The maximum absolute atomic E-state index is 13.2. The van der Waals surface area contributed by atoms with Crippen LogP contribution in [0.2, 0.25) is 0 Å². The first-order valence-electron chi connectivity index (χ1n) is 10.3. The fourth-order valence-electron chi connectivity index (χ4n) is 3.67. The second-order valence-electron chi connectivity index (χ2n) is 9.07. The van der Waals surface area contributed by atoms with Gasteiger partial charge in [-0.05, 0) is 55.5 Å². The van der Waals surface area contributed by atoms with Crippen LogP contribution in [0.3, 0.4) is 0 Å². The van der Waals surface area contributed by atoms with Gasteiger partial charge in [0.2, 0.25) is 0 Å². The largest absolute Gasteiger partial charge is 0.481 e. The molecule has 0 aliphatic carbocycles. The highest BCUT2D eigenvalue weighted by Crippen LogP contribution is 2.26. The van der Waals surface area contributed by atoms with Crippen LogP contribution in [0.5, 0.6) is 5.75 Å². The van der Waals surface area contributed by atoms with Crippen LogP contribution in [0.1, 0.15) is 51.2 Å². The van der Waals surface area contributed by atoms with Crippen molar-refractivity contribution in [2.45, 2.75) is 65.1 Å². The molecule has 1 fully saturated rings. The average molecular weight is 434 g/mol. The second-order valence-corrected chi connectivity index (χ2v) is 11.3. The van der Waals surface area contributed by atoms with Gasteiger partial charge in [-0.1, -0.05) is 32.9 Å². The molecule has 0 saturated carbocycles. The molecular formula is C23H31NO5S. The summed E-state index contributed by atoms with van der Waals surface area (Å²) >= 11 is 0. The molecule has 1 aromatic heterocycles. The highest BCUT2D eigenvalue weighted by atomic mass is 32.2. The van der Waals surface area contributed by atoms with Crippen molar-refractivity contribution in [1.82, 2.24) is 4.90 Å². The predicted molar refractivity (Wildman–Crippen MR) is 116 cm³/mol. The van der Waals surface area contributed by atoms with E-state index < -0.39 is 15.9 Å². The van der Waals surface area contributed by atoms with Crippen molar-refractivity contribution in [3.63, 3.8) is 0 Å². The Bertz CT molecular complexity index is 985. The average Bonchev–Trinajstić information content (AvgIpc) is 3.23. The number of hydrogen-bond acceptors (Lipinski definition) is 5. The van der Waals surface area contributed by atoms with E-state index in [9.17, 15) is 13.2 Å². The molecular weight excluding hydrogens is 402 g/mol. The van der Waals surface area contributed by atoms with Crippen molar-refractivity contribution >= 4 is 15.7 Å². The number of carbonyl (C=O) groups excluding carboxylic acids is 1. The zero-order valence-electron chi connectivity index (χ0n) is 18.3. The van der Waals surface area contributed by atoms with E-state index in [4.69, 9.17) is 9.15 Å². The number of furan rings is 1. The Kier molecular flexibility index (Phi) is 6.32. The molecule has 2 heterocycles. The minimum atomic E-state index is -3.13. The number of hydrogen-bond donors (Lipinski definition) is 0. The van der Waals surface area contributed by atoms with E-state index in [1.165, 1.54) is 5.56 Å². The Morgan fingerprint density at radius 2 is 1.87 bits per heavy atom. The molecule has 30 heavy (non-hydrogen) atoms. The number of carbonyl (C=O) groups is 1. The molecule has 0 bridgehead atoms. The minimum Gasteiger partial charge on any atom is -0.481 e. The van der Waals surface area contributed by atoms with E-state index in [1.54, 1.807) is 11.8 Å². The van der Waals surface area contributed by atoms with Crippen molar-refractivity contribution in [1.29, 1.82) is 0 Å². The maximum atomic E-state index is 13.2. The molecule has 2 atom stereocenters. The van der Waals surface area contributed by atoms with Crippen LogP contribution in [-0.2, 0) is 26.6 Å². The number of amides is 1. The first-order chi connectivity index (χ1) is 13.9. The van der Waals surface area contributed by atoms with Gasteiger partial charge < -0.3 is 14.1 Å². The monoisotopic (exact) mass is 433 g/mol. The Balaban J connectivity index is 1.75. The number of aryl methyl sites for hydroxylation is 1. The molecule has 2 aromatic rings. The van der Waals surface area contributed by atoms with Crippen molar-refractivity contribution < 1.29 is 22.4 Å². The summed E-state index contributed by atoms with van der Waals surface area (Å²) in [7, 11) is -3.13. The second kappa shape index (κ2) is 8.46. The fourth-order valence-corrected chi connectivity index (χ4v) is 5.40. The van der Waals surface area contributed by atoms with Gasteiger partial charge in [-0.15, -0.1) is 0 Å². The molecule has 1 aromatic carbocycles. The van der Waals surface area contributed by atoms with Gasteiger partial charge in [-0.2, -0.15) is 0 Å². The summed E-state index contributed by atoms with van der Waals surface area (Å²) in [6.07, 6.45) is -0.314. The summed E-state index contributed by atoms with van der Waals surface area (Å²) < 4.78 is 35.6. The molecule has 0 radical (unpaired) electrons. The van der Waals surface area contributed by atoms with Crippen LogP contribution in [0.15, 0.2) is 40.8 Å². The molecule has 1 aliphatic heterocycles. The highest BCUT2D eigenvalue weighted by Gasteiger charge is 2.37. The molecule has 0 unspecified atom stereocenters. The normalized spacial score (nSPS) is 19.4. The lowest BCUT2D eigenvalue weighted by atomic mass is 9.87. The van der Waals surface area contributed by atoms with Gasteiger partial charge in [0, 0.05) is 6.04 Å². The molecule has 3 rings (SSSR count). The quantitative estimate of drug-likeness (QED) is 0.691. The molecule has 7 heteroatoms.